The topological polar surface area (TPSA) is 110 Å². The van der Waals surface area contributed by atoms with Gasteiger partial charge in [-0.3, -0.25) is 14.9 Å². The molecule has 0 radical (unpaired) electrons. The van der Waals surface area contributed by atoms with Crippen molar-refractivity contribution in [3.05, 3.63) is 58.1 Å². The van der Waals surface area contributed by atoms with Gasteiger partial charge in [-0.15, -0.1) is 0 Å². The Bertz CT molecular complexity index is 1000. The first-order chi connectivity index (χ1) is 12.6. The highest BCUT2D eigenvalue weighted by Crippen LogP contribution is 2.34. The van der Waals surface area contributed by atoms with Gasteiger partial charge in [-0.1, -0.05) is 0 Å². The molecule has 0 aliphatic carbocycles. The molecule has 0 aromatic heterocycles. The van der Waals surface area contributed by atoms with Crippen molar-refractivity contribution >= 4 is 32.8 Å². The molecule has 2 aromatic rings. The Morgan fingerprint density at radius 3 is 2.52 bits per heavy atom. The Kier molecular flexibility index (Phi) is 4.88. The Morgan fingerprint density at radius 2 is 1.93 bits per heavy atom. The molecule has 27 heavy (non-hydrogen) atoms. The van der Waals surface area contributed by atoms with Crippen LogP contribution in [0.4, 0.5) is 17.1 Å². The van der Waals surface area contributed by atoms with Crippen LogP contribution in [0.25, 0.3) is 0 Å². The van der Waals surface area contributed by atoms with Crippen LogP contribution in [-0.2, 0) is 21.1 Å². The maximum absolute atomic E-state index is 12.4. The summed E-state index contributed by atoms with van der Waals surface area (Å²) in [6, 6.07) is 10.7. The summed E-state index contributed by atoms with van der Waals surface area (Å²) in [7, 11) is -3.29. The van der Waals surface area contributed by atoms with E-state index in [1.165, 1.54) is 18.2 Å². The molecule has 1 unspecified atom stereocenters. The van der Waals surface area contributed by atoms with Crippen LogP contribution in [0, 0.1) is 10.1 Å². The van der Waals surface area contributed by atoms with Gasteiger partial charge in [-0.25, -0.2) is 8.42 Å². The van der Waals surface area contributed by atoms with Crippen LogP contribution in [0.1, 0.15) is 12.5 Å². The van der Waals surface area contributed by atoms with E-state index in [4.69, 9.17) is 0 Å². The Balaban J connectivity index is 1.71. The van der Waals surface area contributed by atoms with E-state index in [2.05, 4.69) is 5.32 Å². The summed E-state index contributed by atoms with van der Waals surface area (Å²) in [5.41, 5.74) is 2.21. The molecule has 1 atom stereocenters. The lowest BCUT2D eigenvalue weighted by Gasteiger charge is -2.24. The van der Waals surface area contributed by atoms with Crippen molar-refractivity contribution in [1.29, 1.82) is 0 Å². The van der Waals surface area contributed by atoms with Crippen LogP contribution in [0.5, 0.6) is 0 Å². The summed E-state index contributed by atoms with van der Waals surface area (Å²) < 4.78 is 23.0. The zero-order chi connectivity index (χ0) is 19.8. The fourth-order valence-electron chi connectivity index (χ4n) is 3.18. The van der Waals surface area contributed by atoms with Crippen molar-refractivity contribution in [2.75, 3.05) is 23.0 Å². The van der Waals surface area contributed by atoms with Gasteiger partial charge in [-0.2, -0.15) is 0 Å². The number of hydrogen-bond acceptors (Lipinski definition) is 6. The largest absolute Gasteiger partial charge is 0.359 e. The predicted molar refractivity (Wildman–Crippen MR) is 102 cm³/mol. The molecule has 9 heteroatoms. The number of nitro groups is 1. The van der Waals surface area contributed by atoms with Crippen molar-refractivity contribution in [1.82, 2.24) is 0 Å². The number of sulfone groups is 1. The molecule has 2 aromatic carbocycles. The first-order valence-corrected chi connectivity index (χ1v) is 10.2. The van der Waals surface area contributed by atoms with Gasteiger partial charge in [0.2, 0.25) is 5.91 Å². The minimum absolute atomic E-state index is 0.0400. The van der Waals surface area contributed by atoms with E-state index in [1.807, 2.05) is 11.8 Å². The lowest BCUT2D eigenvalue weighted by molar-refractivity contribution is -0.384. The first-order valence-electron chi connectivity index (χ1n) is 8.29. The van der Waals surface area contributed by atoms with E-state index in [-0.39, 0.29) is 29.1 Å². The van der Waals surface area contributed by atoms with E-state index >= 15 is 0 Å². The van der Waals surface area contributed by atoms with Gasteiger partial charge < -0.3 is 10.2 Å². The third-order valence-corrected chi connectivity index (χ3v) is 5.64. The molecule has 1 aliphatic heterocycles. The van der Waals surface area contributed by atoms with Crippen LogP contribution in [0.3, 0.4) is 0 Å². The standard InChI is InChI=1S/C18H19N3O5S/c1-12-9-13-10-15(21(23)24)5-8-17(13)20(12)11-18(22)19-14-3-6-16(7-4-14)27(2,25)26/h3-8,10,12H,9,11H2,1-2H3,(H,19,22). The van der Waals surface area contributed by atoms with Crippen molar-refractivity contribution in [3.63, 3.8) is 0 Å². The van der Waals surface area contributed by atoms with Crippen LogP contribution in [-0.4, -0.2) is 38.1 Å². The number of nitrogens with zero attached hydrogens (tertiary/aromatic N) is 2. The number of anilines is 2. The fraction of sp³-hybridized carbons (Fsp3) is 0.278. The lowest BCUT2D eigenvalue weighted by atomic mass is 10.1. The number of nitrogens with one attached hydrogen (secondary N) is 1. The molecular weight excluding hydrogens is 370 g/mol. The number of carbonyl (C=O) groups is 1. The summed E-state index contributed by atoms with van der Waals surface area (Å²) >= 11 is 0. The number of rotatable bonds is 5. The van der Waals surface area contributed by atoms with Gasteiger partial charge in [0.1, 0.15) is 0 Å². The molecule has 8 nitrogen and oxygen atoms in total. The van der Waals surface area contributed by atoms with E-state index < -0.39 is 14.8 Å². The monoisotopic (exact) mass is 389 g/mol. The van der Waals surface area contributed by atoms with Crippen molar-refractivity contribution < 1.29 is 18.1 Å². The predicted octanol–water partition coefficient (Wildman–Crippen LogP) is 2.39. The van der Waals surface area contributed by atoms with Gasteiger partial charge in [0, 0.05) is 35.8 Å². The number of hydrogen-bond donors (Lipinski definition) is 1. The molecule has 0 spiro atoms. The third kappa shape index (κ3) is 4.08. The van der Waals surface area contributed by atoms with Crippen LogP contribution >= 0.6 is 0 Å². The Labute approximate surface area is 156 Å². The summed E-state index contributed by atoms with van der Waals surface area (Å²) in [4.78, 5) is 25.0. The minimum Gasteiger partial charge on any atom is -0.359 e. The fourth-order valence-corrected chi connectivity index (χ4v) is 3.81. The maximum atomic E-state index is 12.4. The quantitative estimate of drug-likeness (QED) is 0.621. The molecule has 142 valence electrons. The summed E-state index contributed by atoms with van der Waals surface area (Å²) in [5.74, 6) is -0.250. The van der Waals surface area contributed by atoms with E-state index in [1.54, 1.807) is 24.3 Å². The number of non-ortho nitro benzene ring substituents is 1. The highest BCUT2D eigenvalue weighted by Gasteiger charge is 2.29. The van der Waals surface area contributed by atoms with Crippen molar-refractivity contribution in [3.8, 4) is 0 Å². The molecule has 1 aliphatic rings. The molecule has 0 saturated carbocycles. The average Bonchev–Trinajstić information content (AvgIpc) is 2.89. The van der Waals surface area contributed by atoms with Crippen molar-refractivity contribution in [2.24, 2.45) is 0 Å². The van der Waals surface area contributed by atoms with Gasteiger partial charge in [0.25, 0.3) is 5.69 Å². The molecule has 0 fully saturated rings. The SMILES string of the molecule is CC1Cc2cc([N+](=O)[O-])ccc2N1CC(=O)Nc1ccc(S(C)(=O)=O)cc1. The molecule has 1 amide bonds. The Morgan fingerprint density at radius 1 is 1.26 bits per heavy atom. The molecule has 0 saturated heterocycles. The van der Waals surface area contributed by atoms with Gasteiger partial charge in [-0.05, 0) is 49.2 Å². The second-order valence-electron chi connectivity index (χ2n) is 6.60. The molecule has 1 heterocycles. The molecule has 3 rings (SSSR count). The van der Waals surface area contributed by atoms with Crippen molar-refractivity contribution in [2.45, 2.75) is 24.3 Å². The number of fused-ring (bicyclic) bond motifs is 1. The normalized spacial score (nSPS) is 16.1. The Hall–Kier alpha value is -2.94. The van der Waals surface area contributed by atoms with Gasteiger partial charge in [0.15, 0.2) is 9.84 Å². The minimum atomic E-state index is -3.29. The summed E-state index contributed by atoms with van der Waals surface area (Å²) in [5, 5.41) is 13.7. The van der Waals surface area contributed by atoms with Crippen LogP contribution < -0.4 is 10.2 Å². The van der Waals surface area contributed by atoms with E-state index in [9.17, 15) is 23.3 Å². The number of benzene rings is 2. The molecular formula is C18H19N3O5S. The number of amides is 1. The second-order valence-corrected chi connectivity index (χ2v) is 8.61. The number of nitro benzene ring substituents is 1. The maximum Gasteiger partial charge on any atom is 0.269 e. The summed E-state index contributed by atoms with van der Waals surface area (Å²) in [6.45, 7) is 2.06. The smallest absolute Gasteiger partial charge is 0.269 e. The molecule has 0 bridgehead atoms. The van der Waals surface area contributed by atoms with E-state index in [0.29, 0.717) is 12.1 Å². The lowest BCUT2D eigenvalue weighted by Crippen LogP contribution is -2.37. The molecule has 1 N–H and O–H groups in total. The summed E-state index contributed by atoms with van der Waals surface area (Å²) in [6.07, 6.45) is 1.75. The second kappa shape index (κ2) is 6.99. The zero-order valence-corrected chi connectivity index (χ0v) is 15.7. The first kappa shape index (κ1) is 18.8. The van der Waals surface area contributed by atoms with Crippen LogP contribution in [0.2, 0.25) is 0 Å². The van der Waals surface area contributed by atoms with Gasteiger partial charge in [0.05, 0.1) is 16.4 Å². The van der Waals surface area contributed by atoms with Gasteiger partial charge >= 0.3 is 0 Å². The number of carbonyl (C=O) groups excluding carboxylic acids is 1. The average molecular weight is 389 g/mol. The highest BCUT2D eigenvalue weighted by atomic mass is 32.2. The zero-order valence-electron chi connectivity index (χ0n) is 14.9. The third-order valence-electron chi connectivity index (χ3n) is 4.51. The van der Waals surface area contributed by atoms with Crippen LogP contribution in [0.15, 0.2) is 47.4 Å². The van der Waals surface area contributed by atoms with E-state index in [0.717, 1.165) is 17.5 Å². The highest BCUT2D eigenvalue weighted by molar-refractivity contribution is 7.90.